The van der Waals surface area contributed by atoms with E-state index in [4.69, 9.17) is 5.73 Å². The lowest BCUT2D eigenvalue weighted by Crippen LogP contribution is -2.19. The molecule has 106 valence electrons. The fourth-order valence-corrected chi connectivity index (χ4v) is 1.99. The highest BCUT2D eigenvalue weighted by Gasteiger charge is 2.07. The highest BCUT2D eigenvalue weighted by Crippen LogP contribution is 2.15. The Kier molecular flexibility index (Phi) is 4.53. The van der Waals surface area contributed by atoms with Gasteiger partial charge in [-0.05, 0) is 43.7 Å². The molecule has 0 saturated heterocycles. The Hall–Kier alpha value is -2.14. The van der Waals surface area contributed by atoms with Crippen molar-refractivity contribution in [2.24, 2.45) is 5.73 Å². The van der Waals surface area contributed by atoms with Crippen molar-refractivity contribution < 1.29 is 4.79 Å². The number of amides is 1. The van der Waals surface area contributed by atoms with E-state index >= 15 is 0 Å². The summed E-state index contributed by atoms with van der Waals surface area (Å²) in [7, 11) is 0. The number of nitrogens with two attached hydrogens (primary N) is 1. The molecule has 0 aliphatic carbocycles. The minimum atomic E-state index is -0.516. The van der Waals surface area contributed by atoms with Crippen molar-refractivity contribution in [2.45, 2.75) is 26.3 Å². The smallest absolute Gasteiger partial charge is 0.269 e. The van der Waals surface area contributed by atoms with Gasteiger partial charge < -0.3 is 11.1 Å². The number of nitrogens with one attached hydrogen (secondary N) is 1. The number of benzene rings is 1. The Morgan fingerprint density at radius 2 is 2.05 bits per heavy atom. The Balaban J connectivity index is 2.12. The normalized spacial score (nSPS) is 12.3. The summed E-state index contributed by atoms with van der Waals surface area (Å²) >= 11 is 0. The molecule has 2 rings (SSSR count). The van der Waals surface area contributed by atoms with Crippen LogP contribution in [0.1, 0.15) is 42.4 Å². The molecule has 1 amide bonds. The first-order chi connectivity index (χ1) is 9.61. The van der Waals surface area contributed by atoms with Gasteiger partial charge in [-0.1, -0.05) is 19.1 Å². The molecule has 1 atom stereocenters. The van der Waals surface area contributed by atoms with Crippen LogP contribution in [0.3, 0.4) is 0 Å². The molecule has 0 aliphatic heterocycles. The first-order valence-corrected chi connectivity index (χ1v) is 6.81. The average Bonchev–Trinajstić information content (AvgIpc) is 2.95. The fraction of sp³-hybridized carbons (Fsp3) is 0.333. The van der Waals surface area contributed by atoms with Gasteiger partial charge in [0.1, 0.15) is 5.69 Å². The minimum absolute atomic E-state index is 0.270. The maximum atomic E-state index is 11.0. The topological polar surface area (TPSA) is 72.9 Å². The van der Waals surface area contributed by atoms with Crippen molar-refractivity contribution in [3.8, 4) is 5.69 Å². The zero-order valence-electron chi connectivity index (χ0n) is 11.8. The molecular formula is C15H20N4O. The van der Waals surface area contributed by atoms with Gasteiger partial charge >= 0.3 is 0 Å². The molecule has 1 heterocycles. The van der Waals surface area contributed by atoms with Gasteiger partial charge in [0, 0.05) is 12.2 Å². The number of carbonyl (C=O) groups excluding carboxylic acids is 1. The third kappa shape index (κ3) is 3.24. The van der Waals surface area contributed by atoms with Crippen molar-refractivity contribution >= 4 is 5.91 Å². The van der Waals surface area contributed by atoms with Gasteiger partial charge in [-0.2, -0.15) is 5.10 Å². The zero-order chi connectivity index (χ0) is 14.5. The van der Waals surface area contributed by atoms with Crippen LogP contribution in [0.25, 0.3) is 5.69 Å². The van der Waals surface area contributed by atoms with E-state index in [9.17, 15) is 4.79 Å². The molecule has 1 aromatic heterocycles. The van der Waals surface area contributed by atoms with Crippen molar-refractivity contribution in [2.75, 3.05) is 6.54 Å². The van der Waals surface area contributed by atoms with Crippen molar-refractivity contribution in [3.05, 3.63) is 47.8 Å². The zero-order valence-corrected chi connectivity index (χ0v) is 11.8. The summed E-state index contributed by atoms with van der Waals surface area (Å²) in [5.74, 6) is -0.516. The van der Waals surface area contributed by atoms with Gasteiger partial charge in [-0.15, -0.1) is 0 Å². The van der Waals surface area contributed by atoms with E-state index in [0.717, 1.165) is 18.7 Å². The summed E-state index contributed by atoms with van der Waals surface area (Å²) in [6.07, 6.45) is 2.85. The minimum Gasteiger partial charge on any atom is -0.364 e. The van der Waals surface area contributed by atoms with Crippen LogP contribution in [0.4, 0.5) is 0 Å². The molecule has 0 aliphatic rings. The molecule has 0 radical (unpaired) electrons. The van der Waals surface area contributed by atoms with Crippen LogP contribution in [0, 0.1) is 0 Å². The van der Waals surface area contributed by atoms with Crippen LogP contribution in [0.5, 0.6) is 0 Å². The summed E-state index contributed by atoms with van der Waals surface area (Å²) in [6, 6.07) is 10.0. The molecule has 1 unspecified atom stereocenters. The number of primary amides is 1. The largest absolute Gasteiger partial charge is 0.364 e. The van der Waals surface area contributed by atoms with Gasteiger partial charge in [0.2, 0.25) is 0 Å². The lowest BCUT2D eigenvalue weighted by atomic mass is 10.1. The van der Waals surface area contributed by atoms with E-state index in [-0.39, 0.29) is 5.69 Å². The van der Waals surface area contributed by atoms with Crippen LogP contribution in [-0.2, 0) is 0 Å². The third-order valence-corrected chi connectivity index (χ3v) is 3.20. The Bertz CT molecular complexity index is 574. The lowest BCUT2D eigenvalue weighted by Gasteiger charge is -2.14. The second kappa shape index (κ2) is 6.34. The molecule has 3 N–H and O–H groups in total. The predicted molar refractivity (Wildman–Crippen MR) is 78.8 cm³/mol. The number of rotatable bonds is 6. The number of carbonyl (C=O) groups is 1. The van der Waals surface area contributed by atoms with Crippen molar-refractivity contribution in [1.82, 2.24) is 15.1 Å². The first-order valence-electron chi connectivity index (χ1n) is 6.81. The van der Waals surface area contributed by atoms with E-state index in [2.05, 4.69) is 36.4 Å². The van der Waals surface area contributed by atoms with Gasteiger partial charge in [0.15, 0.2) is 0 Å². The molecule has 20 heavy (non-hydrogen) atoms. The number of nitrogens with zero attached hydrogens (tertiary/aromatic N) is 2. The number of aromatic nitrogens is 2. The molecule has 0 bridgehead atoms. The quantitative estimate of drug-likeness (QED) is 0.845. The van der Waals surface area contributed by atoms with E-state index in [1.807, 2.05) is 12.1 Å². The highest BCUT2D eigenvalue weighted by atomic mass is 16.1. The number of hydrogen-bond donors (Lipinski definition) is 2. The highest BCUT2D eigenvalue weighted by molar-refractivity contribution is 5.90. The monoisotopic (exact) mass is 272 g/mol. The maximum Gasteiger partial charge on any atom is 0.269 e. The van der Waals surface area contributed by atoms with Gasteiger partial charge in [-0.25, -0.2) is 4.68 Å². The molecule has 5 nitrogen and oxygen atoms in total. The summed E-state index contributed by atoms with van der Waals surface area (Å²) < 4.78 is 1.65. The second-order valence-electron chi connectivity index (χ2n) is 4.78. The van der Waals surface area contributed by atoms with E-state index < -0.39 is 5.91 Å². The molecule has 0 fully saturated rings. The summed E-state index contributed by atoms with van der Waals surface area (Å²) in [6.45, 7) is 5.30. The Labute approximate surface area is 118 Å². The van der Waals surface area contributed by atoms with E-state index in [0.29, 0.717) is 6.04 Å². The predicted octanol–water partition coefficient (Wildman–Crippen LogP) is 2.03. The van der Waals surface area contributed by atoms with Crippen LogP contribution >= 0.6 is 0 Å². The SMILES string of the molecule is CCCNC(C)c1ccc(-n2ccc(C(N)=O)n2)cc1. The number of hydrogen-bond acceptors (Lipinski definition) is 3. The van der Waals surface area contributed by atoms with Crippen LogP contribution in [0.15, 0.2) is 36.5 Å². The summed E-state index contributed by atoms with van der Waals surface area (Å²) in [5, 5.41) is 7.57. The molecule has 0 saturated carbocycles. The maximum absolute atomic E-state index is 11.0. The molecular weight excluding hydrogens is 252 g/mol. The van der Waals surface area contributed by atoms with Crippen molar-refractivity contribution in [1.29, 1.82) is 0 Å². The van der Waals surface area contributed by atoms with Gasteiger partial charge in [-0.3, -0.25) is 4.79 Å². The molecule has 2 aromatic rings. The molecule has 5 heteroatoms. The van der Waals surface area contributed by atoms with Crippen LogP contribution < -0.4 is 11.1 Å². The Morgan fingerprint density at radius 1 is 1.35 bits per heavy atom. The standard InChI is InChI=1S/C15H20N4O/c1-3-9-17-11(2)12-4-6-13(7-5-12)19-10-8-14(18-19)15(16)20/h4-8,10-11,17H,3,9H2,1-2H3,(H2,16,20). The van der Waals surface area contributed by atoms with Gasteiger partial charge in [0.25, 0.3) is 5.91 Å². The van der Waals surface area contributed by atoms with Crippen LogP contribution in [-0.4, -0.2) is 22.2 Å². The third-order valence-electron chi connectivity index (χ3n) is 3.20. The van der Waals surface area contributed by atoms with E-state index in [1.165, 1.54) is 5.56 Å². The van der Waals surface area contributed by atoms with E-state index in [1.54, 1.807) is 16.9 Å². The van der Waals surface area contributed by atoms with Crippen LogP contribution in [0.2, 0.25) is 0 Å². The second-order valence-corrected chi connectivity index (χ2v) is 4.78. The van der Waals surface area contributed by atoms with Crippen molar-refractivity contribution in [3.63, 3.8) is 0 Å². The summed E-state index contributed by atoms with van der Waals surface area (Å²) in [4.78, 5) is 11.0. The average molecular weight is 272 g/mol. The molecule has 0 spiro atoms. The summed E-state index contributed by atoms with van der Waals surface area (Å²) in [5.41, 5.74) is 7.60. The molecule has 1 aromatic carbocycles. The van der Waals surface area contributed by atoms with Gasteiger partial charge in [0.05, 0.1) is 5.69 Å². The first kappa shape index (κ1) is 14.3. The lowest BCUT2D eigenvalue weighted by molar-refractivity contribution is 0.0995. The Morgan fingerprint density at radius 3 is 2.60 bits per heavy atom. The fourth-order valence-electron chi connectivity index (χ4n) is 1.99.